The SMILES string of the molecule is CC1=C(C(=O)OC(C)C)C(c2cccc(Cl)c2)N2C(CC(=O)NCC3CC3)=CSC2=N1. The number of carbonyl (C=O) groups is 2. The van der Waals surface area contributed by atoms with Crippen LogP contribution in [0.1, 0.15) is 51.6 Å². The van der Waals surface area contributed by atoms with Crippen LogP contribution in [0, 0.1) is 5.92 Å². The van der Waals surface area contributed by atoms with Crippen LogP contribution in [-0.4, -0.2) is 34.6 Å². The number of ether oxygens (including phenoxy) is 1. The lowest BCUT2D eigenvalue weighted by molar-refractivity contribution is -0.143. The van der Waals surface area contributed by atoms with Crippen molar-refractivity contribution in [3.63, 3.8) is 0 Å². The molecule has 4 rings (SSSR count). The van der Waals surface area contributed by atoms with Gasteiger partial charge in [-0.3, -0.25) is 4.79 Å². The third-order valence-electron chi connectivity index (χ3n) is 5.35. The van der Waals surface area contributed by atoms with Gasteiger partial charge in [-0.05, 0) is 62.6 Å². The Kier molecular flexibility index (Phi) is 6.44. The number of carbonyl (C=O) groups excluding carboxylic acids is 2. The fraction of sp³-hybridized carbons (Fsp3) is 0.435. The summed E-state index contributed by atoms with van der Waals surface area (Å²) in [5.41, 5.74) is 2.74. The average molecular weight is 460 g/mol. The van der Waals surface area contributed by atoms with Gasteiger partial charge in [0.25, 0.3) is 0 Å². The van der Waals surface area contributed by atoms with E-state index in [4.69, 9.17) is 16.3 Å². The van der Waals surface area contributed by atoms with Crippen LogP contribution in [-0.2, 0) is 14.3 Å². The Morgan fingerprint density at radius 2 is 2.13 bits per heavy atom. The van der Waals surface area contributed by atoms with E-state index in [1.807, 2.05) is 49.3 Å². The van der Waals surface area contributed by atoms with Gasteiger partial charge in [-0.2, -0.15) is 0 Å². The topological polar surface area (TPSA) is 71.0 Å². The van der Waals surface area contributed by atoms with Crippen LogP contribution < -0.4 is 5.32 Å². The smallest absolute Gasteiger partial charge is 0.338 e. The maximum atomic E-state index is 13.1. The molecule has 0 saturated heterocycles. The van der Waals surface area contributed by atoms with Crippen molar-refractivity contribution >= 4 is 40.4 Å². The lowest BCUT2D eigenvalue weighted by atomic mass is 9.94. The molecule has 1 amide bonds. The minimum atomic E-state index is -0.463. The standard InChI is InChI=1S/C23H26ClN3O3S/c1-13(2)30-22(29)20-14(3)26-23-27(21(20)16-5-4-6-17(24)9-16)18(12-31-23)10-19(28)25-11-15-7-8-15/h4-6,9,12-13,15,21H,7-8,10-11H2,1-3H3,(H,25,28). The van der Waals surface area contributed by atoms with Gasteiger partial charge >= 0.3 is 5.97 Å². The van der Waals surface area contributed by atoms with Crippen LogP contribution in [0.15, 0.2) is 51.6 Å². The summed E-state index contributed by atoms with van der Waals surface area (Å²) in [6.45, 7) is 6.19. The summed E-state index contributed by atoms with van der Waals surface area (Å²) < 4.78 is 5.55. The van der Waals surface area contributed by atoms with Crippen molar-refractivity contribution in [1.29, 1.82) is 0 Å². The van der Waals surface area contributed by atoms with Gasteiger partial charge in [0.1, 0.15) is 0 Å². The summed E-state index contributed by atoms with van der Waals surface area (Å²) in [7, 11) is 0. The summed E-state index contributed by atoms with van der Waals surface area (Å²) in [5, 5.41) is 6.28. The summed E-state index contributed by atoms with van der Waals surface area (Å²) in [6.07, 6.45) is 2.34. The minimum Gasteiger partial charge on any atom is -0.459 e. The average Bonchev–Trinajstić information content (AvgIpc) is 3.46. The Morgan fingerprint density at radius 3 is 2.81 bits per heavy atom. The molecule has 0 aromatic heterocycles. The molecule has 1 fully saturated rings. The van der Waals surface area contributed by atoms with Gasteiger partial charge in [-0.15, -0.1) is 0 Å². The Morgan fingerprint density at radius 1 is 1.35 bits per heavy atom. The van der Waals surface area contributed by atoms with Gasteiger partial charge < -0.3 is 15.0 Å². The van der Waals surface area contributed by atoms with E-state index in [1.165, 1.54) is 24.6 Å². The number of benzene rings is 1. The van der Waals surface area contributed by atoms with Gasteiger partial charge in [-0.25, -0.2) is 9.79 Å². The number of amidine groups is 1. The third-order valence-corrected chi connectivity index (χ3v) is 6.48. The predicted octanol–water partition coefficient (Wildman–Crippen LogP) is 4.78. The molecular formula is C23H26ClN3O3S. The first-order chi connectivity index (χ1) is 14.8. The van der Waals surface area contributed by atoms with E-state index in [0.29, 0.717) is 22.2 Å². The molecule has 3 aliphatic rings. The zero-order valence-corrected chi connectivity index (χ0v) is 19.4. The number of allylic oxidation sites excluding steroid dienone is 1. The molecule has 0 spiro atoms. The van der Waals surface area contributed by atoms with Gasteiger partial charge in [0.2, 0.25) is 5.91 Å². The van der Waals surface area contributed by atoms with E-state index in [2.05, 4.69) is 10.3 Å². The van der Waals surface area contributed by atoms with Crippen molar-refractivity contribution in [3.8, 4) is 0 Å². The molecule has 164 valence electrons. The summed E-state index contributed by atoms with van der Waals surface area (Å²) in [4.78, 5) is 32.3. The molecular weight excluding hydrogens is 434 g/mol. The van der Waals surface area contributed by atoms with Crippen LogP contribution in [0.3, 0.4) is 0 Å². The molecule has 1 saturated carbocycles. The van der Waals surface area contributed by atoms with Crippen molar-refractivity contribution in [1.82, 2.24) is 10.2 Å². The van der Waals surface area contributed by atoms with Gasteiger partial charge in [0.05, 0.1) is 29.8 Å². The number of amides is 1. The van der Waals surface area contributed by atoms with E-state index in [0.717, 1.165) is 23.0 Å². The zero-order chi connectivity index (χ0) is 22.1. The van der Waals surface area contributed by atoms with Crippen molar-refractivity contribution in [2.75, 3.05) is 6.54 Å². The second-order valence-electron chi connectivity index (χ2n) is 8.33. The number of fused-ring (bicyclic) bond motifs is 1. The second-order valence-corrected chi connectivity index (χ2v) is 9.60. The fourth-order valence-corrected chi connectivity index (χ4v) is 4.87. The van der Waals surface area contributed by atoms with Crippen molar-refractivity contribution < 1.29 is 14.3 Å². The van der Waals surface area contributed by atoms with Crippen molar-refractivity contribution in [2.24, 2.45) is 10.9 Å². The number of hydrogen-bond acceptors (Lipinski definition) is 6. The van der Waals surface area contributed by atoms with E-state index in [-0.39, 0.29) is 18.4 Å². The third kappa shape index (κ3) is 4.99. The normalized spacial score (nSPS) is 20.4. The number of rotatable bonds is 7. The summed E-state index contributed by atoms with van der Waals surface area (Å²) in [6, 6.07) is 6.97. The van der Waals surface area contributed by atoms with Crippen LogP contribution in [0.25, 0.3) is 0 Å². The molecule has 6 nitrogen and oxygen atoms in total. The number of hydrogen-bond donors (Lipinski definition) is 1. The van der Waals surface area contributed by atoms with E-state index >= 15 is 0 Å². The van der Waals surface area contributed by atoms with Crippen molar-refractivity contribution in [2.45, 2.75) is 52.2 Å². The molecule has 1 unspecified atom stereocenters. The first kappa shape index (κ1) is 22.0. The number of aliphatic imine (C=N–C) groups is 1. The highest BCUT2D eigenvalue weighted by molar-refractivity contribution is 8.16. The number of halogens is 1. The quantitative estimate of drug-likeness (QED) is 0.594. The van der Waals surface area contributed by atoms with Gasteiger partial charge in [-0.1, -0.05) is 35.5 Å². The first-order valence-electron chi connectivity index (χ1n) is 10.5. The van der Waals surface area contributed by atoms with E-state index in [1.54, 1.807) is 6.07 Å². The number of nitrogens with one attached hydrogen (secondary N) is 1. The highest BCUT2D eigenvalue weighted by atomic mass is 35.5. The largest absolute Gasteiger partial charge is 0.459 e. The van der Waals surface area contributed by atoms with Crippen LogP contribution in [0.5, 0.6) is 0 Å². The highest BCUT2D eigenvalue weighted by Crippen LogP contribution is 2.45. The molecule has 1 N–H and O–H groups in total. The maximum Gasteiger partial charge on any atom is 0.338 e. The number of esters is 1. The Hall–Kier alpha value is -2.25. The minimum absolute atomic E-state index is 0.0255. The van der Waals surface area contributed by atoms with Crippen LogP contribution >= 0.6 is 23.4 Å². The molecule has 31 heavy (non-hydrogen) atoms. The lowest BCUT2D eigenvalue weighted by Gasteiger charge is -2.36. The summed E-state index contributed by atoms with van der Waals surface area (Å²) in [5.74, 6) is 0.183. The molecule has 0 radical (unpaired) electrons. The van der Waals surface area contributed by atoms with Crippen LogP contribution in [0.4, 0.5) is 0 Å². The molecule has 1 aromatic carbocycles. The van der Waals surface area contributed by atoms with Gasteiger partial charge in [0, 0.05) is 17.3 Å². The first-order valence-corrected chi connectivity index (χ1v) is 11.8. The second kappa shape index (κ2) is 9.09. The number of thioether (sulfide) groups is 1. The van der Waals surface area contributed by atoms with E-state index in [9.17, 15) is 9.59 Å². The van der Waals surface area contributed by atoms with E-state index < -0.39 is 12.0 Å². The Labute approximate surface area is 191 Å². The molecule has 2 aliphatic heterocycles. The molecule has 1 aromatic rings. The Balaban J connectivity index is 1.67. The lowest BCUT2D eigenvalue weighted by Crippen LogP contribution is -2.38. The predicted molar refractivity (Wildman–Crippen MR) is 123 cm³/mol. The fourth-order valence-electron chi connectivity index (χ4n) is 3.71. The zero-order valence-electron chi connectivity index (χ0n) is 17.9. The molecule has 1 atom stereocenters. The number of nitrogens with zero attached hydrogens (tertiary/aromatic N) is 2. The maximum absolute atomic E-state index is 13.1. The Bertz CT molecular complexity index is 998. The summed E-state index contributed by atoms with van der Waals surface area (Å²) >= 11 is 7.75. The van der Waals surface area contributed by atoms with Gasteiger partial charge in [0.15, 0.2) is 5.17 Å². The molecule has 2 heterocycles. The molecule has 0 bridgehead atoms. The molecule has 8 heteroatoms. The highest BCUT2D eigenvalue weighted by Gasteiger charge is 2.41. The molecule has 1 aliphatic carbocycles. The van der Waals surface area contributed by atoms with Crippen LogP contribution in [0.2, 0.25) is 5.02 Å². The monoisotopic (exact) mass is 459 g/mol. The van der Waals surface area contributed by atoms with Crippen molar-refractivity contribution in [3.05, 3.63) is 57.2 Å².